The van der Waals surface area contributed by atoms with E-state index in [-0.39, 0.29) is 39.3 Å². The molecule has 0 spiro atoms. The zero-order valence-electron chi connectivity index (χ0n) is 18.9. The van der Waals surface area contributed by atoms with Crippen LogP contribution >= 0.6 is 0 Å². The largest absolute Gasteiger partial charge is 0.506 e. The minimum absolute atomic E-state index is 0.0209. The number of amides is 1. The number of nitrogen functional groups attached to an aromatic ring is 1. The van der Waals surface area contributed by atoms with Gasteiger partial charge in [0, 0.05) is 11.9 Å². The Morgan fingerprint density at radius 3 is 2.66 bits per heavy atom. The Balaban J connectivity index is 1.88. The molecule has 1 aromatic heterocycles. The summed E-state index contributed by atoms with van der Waals surface area (Å²) in [4.78, 5) is 24.1. The Morgan fingerprint density at radius 1 is 1.26 bits per heavy atom. The second-order valence-electron chi connectivity index (χ2n) is 8.29. The minimum Gasteiger partial charge on any atom is -0.506 e. The SMILES string of the molecule is CC(C)CNn1c(=O)c(C2=NS(=O)(=O)c3c(ccc(OCC(N)=O)c3N)N2)c(O)c2ccccc21. The van der Waals surface area contributed by atoms with Crippen LogP contribution in [0.1, 0.15) is 19.4 Å². The van der Waals surface area contributed by atoms with E-state index in [1.165, 1.54) is 16.8 Å². The normalized spacial score (nSPS) is 14.2. The van der Waals surface area contributed by atoms with Crippen LogP contribution in [0.25, 0.3) is 10.9 Å². The van der Waals surface area contributed by atoms with Gasteiger partial charge < -0.3 is 32.1 Å². The minimum atomic E-state index is -4.43. The first-order chi connectivity index (χ1) is 16.5. The fourth-order valence-electron chi connectivity index (χ4n) is 3.63. The zero-order chi connectivity index (χ0) is 25.5. The summed E-state index contributed by atoms with van der Waals surface area (Å²) in [6.07, 6.45) is 0. The van der Waals surface area contributed by atoms with E-state index in [0.29, 0.717) is 17.4 Å². The summed E-state index contributed by atoms with van der Waals surface area (Å²) in [6.45, 7) is 3.87. The molecule has 1 aliphatic rings. The molecular formula is C22H24N6O6S. The zero-order valence-corrected chi connectivity index (χ0v) is 19.7. The number of para-hydroxylation sites is 1. The summed E-state index contributed by atoms with van der Waals surface area (Å²) in [5, 5.41) is 14.1. The maximum atomic E-state index is 13.4. The molecule has 0 bridgehead atoms. The Hall–Kier alpha value is -4.26. The van der Waals surface area contributed by atoms with E-state index >= 15 is 0 Å². The highest BCUT2D eigenvalue weighted by Crippen LogP contribution is 2.39. The first kappa shape index (κ1) is 23.9. The second kappa shape index (κ2) is 8.83. The molecule has 0 aliphatic carbocycles. The highest BCUT2D eigenvalue weighted by Gasteiger charge is 2.33. The quantitative estimate of drug-likeness (QED) is 0.293. The Morgan fingerprint density at radius 2 is 1.97 bits per heavy atom. The average molecular weight is 501 g/mol. The van der Waals surface area contributed by atoms with Crippen molar-refractivity contribution in [3.63, 3.8) is 0 Å². The molecule has 0 atom stereocenters. The molecule has 184 valence electrons. The molecule has 7 N–H and O–H groups in total. The van der Waals surface area contributed by atoms with Crippen molar-refractivity contribution in [2.24, 2.45) is 16.0 Å². The third-order valence-electron chi connectivity index (χ3n) is 5.20. The lowest BCUT2D eigenvalue weighted by Gasteiger charge is -2.23. The maximum absolute atomic E-state index is 13.4. The Bertz CT molecular complexity index is 1540. The maximum Gasteiger partial charge on any atom is 0.288 e. The fourth-order valence-corrected chi connectivity index (χ4v) is 4.87. The van der Waals surface area contributed by atoms with E-state index in [0.717, 1.165) is 0 Å². The van der Waals surface area contributed by atoms with E-state index in [2.05, 4.69) is 15.1 Å². The van der Waals surface area contributed by atoms with E-state index in [9.17, 15) is 23.1 Å². The summed E-state index contributed by atoms with van der Waals surface area (Å²) in [6, 6.07) is 9.36. The van der Waals surface area contributed by atoms with Crippen LogP contribution in [0.2, 0.25) is 0 Å². The lowest BCUT2D eigenvalue weighted by atomic mass is 10.1. The third-order valence-corrected chi connectivity index (χ3v) is 6.58. The molecule has 0 radical (unpaired) electrons. The number of nitrogens with two attached hydrogens (primary N) is 2. The van der Waals surface area contributed by atoms with Crippen LogP contribution in [0, 0.1) is 5.92 Å². The lowest BCUT2D eigenvalue weighted by Crippen LogP contribution is -2.37. The van der Waals surface area contributed by atoms with Crippen LogP contribution in [0.15, 0.2) is 50.5 Å². The van der Waals surface area contributed by atoms with Gasteiger partial charge >= 0.3 is 0 Å². The number of carbonyl (C=O) groups excluding carboxylic acids is 1. The monoisotopic (exact) mass is 500 g/mol. The van der Waals surface area contributed by atoms with Crippen molar-refractivity contribution in [2.75, 3.05) is 29.6 Å². The predicted molar refractivity (Wildman–Crippen MR) is 132 cm³/mol. The molecule has 3 aromatic rings. The summed E-state index contributed by atoms with van der Waals surface area (Å²) >= 11 is 0. The van der Waals surface area contributed by atoms with Crippen molar-refractivity contribution < 1.29 is 23.1 Å². The standard InChI is InChI=1S/C22H24N6O6S/c1-11(2)9-25-28-14-6-4-3-5-12(14)19(30)17(22(28)31)21-26-13-7-8-15(34-10-16(23)29)18(24)20(13)35(32,33)27-21/h3-8,11,25,30H,9-10,24H2,1-2H3,(H2,23,29)(H,26,27). The number of benzene rings is 2. The molecule has 4 rings (SSSR count). The number of carbonyl (C=O) groups is 1. The number of amidine groups is 1. The predicted octanol–water partition coefficient (Wildman–Crippen LogP) is 0.914. The lowest BCUT2D eigenvalue weighted by molar-refractivity contribution is -0.119. The van der Waals surface area contributed by atoms with Crippen molar-refractivity contribution in [1.82, 2.24) is 4.68 Å². The molecule has 1 aliphatic heterocycles. The number of hydrogen-bond acceptors (Lipinski definition) is 9. The van der Waals surface area contributed by atoms with E-state index in [1.54, 1.807) is 24.3 Å². The fraction of sp³-hybridized carbons (Fsp3) is 0.227. The van der Waals surface area contributed by atoms with Gasteiger partial charge in [-0.2, -0.15) is 8.42 Å². The number of nitrogens with zero attached hydrogens (tertiary/aromatic N) is 2. The summed E-state index contributed by atoms with van der Waals surface area (Å²) in [7, 11) is -4.43. The van der Waals surface area contributed by atoms with Gasteiger partial charge in [-0.3, -0.25) is 9.59 Å². The Labute approximate surface area is 200 Å². The van der Waals surface area contributed by atoms with Gasteiger partial charge in [-0.05, 0) is 30.2 Å². The van der Waals surface area contributed by atoms with Gasteiger partial charge in [-0.1, -0.05) is 26.0 Å². The number of nitrogens with one attached hydrogen (secondary N) is 2. The summed E-state index contributed by atoms with van der Waals surface area (Å²) in [5.41, 5.74) is 13.2. The molecule has 1 amide bonds. The summed E-state index contributed by atoms with van der Waals surface area (Å²) < 4.78 is 36.4. The number of aromatic nitrogens is 1. The molecule has 0 saturated carbocycles. The third kappa shape index (κ3) is 4.33. The van der Waals surface area contributed by atoms with Crippen LogP contribution < -0.4 is 32.5 Å². The molecule has 13 heteroatoms. The molecule has 35 heavy (non-hydrogen) atoms. The molecular weight excluding hydrogens is 476 g/mol. The van der Waals surface area contributed by atoms with E-state index in [1.807, 2.05) is 13.8 Å². The molecule has 0 unspecified atom stereocenters. The first-order valence-electron chi connectivity index (χ1n) is 10.6. The number of rotatable bonds is 7. The number of ether oxygens (including phenoxy) is 1. The average Bonchev–Trinajstić information content (AvgIpc) is 2.77. The van der Waals surface area contributed by atoms with Gasteiger partial charge in [0.05, 0.1) is 16.9 Å². The van der Waals surface area contributed by atoms with E-state index < -0.39 is 33.8 Å². The number of aromatic hydroxyl groups is 1. The van der Waals surface area contributed by atoms with Crippen LogP contribution in [0.3, 0.4) is 0 Å². The number of anilines is 2. The molecule has 0 fully saturated rings. The highest BCUT2D eigenvalue weighted by atomic mass is 32.2. The first-order valence-corrected chi connectivity index (χ1v) is 12.0. The van der Waals surface area contributed by atoms with Crippen molar-refractivity contribution in [1.29, 1.82) is 0 Å². The number of primary amides is 1. The highest BCUT2D eigenvalue weighted by molar-refractivity contribution is 7.90. The van der Waals surface area contributed by atoms with Crippen molar-refractivity contribution in [2.45, 2.75) is 18.7 Å². The van der Waals surface area contributed by atoms with Crippen LogP contribution in [-0.2, 0) is 14.8 Å². The molecule has 2 heterocycles. The number of pyridine rings is 1. The van der Waals surface area contributed by atoms with Gasteiger partial charge in [-0.15, -0.1) is 4.40 Å². The van der Waals surface area contributed by atoms with Crippen molar-refractivity contribution >= 4 is 44.0 Å². The molecule has 2 aromatic carbocycles. The summed E-state index contributed by atoms with van der Waals surface area (Å²) in [5.74, 6) is -1.43. The smallest absolute Gasteiger partial charge is 0.288 e. The van der Waals surface area contributed by atoms with Gasteiger partial charge in [0.2, 0.25) is 0 Å². The van der Waals surface area contributed by atoms with Gasteiger partial charge in [0.25, 0.3) is 21.5 Å². The number of hydrogen-bond donors (Lipinski definition) is 5. The van der Waals surface area contributed by atoms with Crippen LogP contribution in [0.4, 0.5) is 11.4 Å². The van der Waals surface area contributed by atoms with Gasteiger partial charge in [-0.25, -0.2) is 4.68 Å². The second-order valence-corrected chi connectivity index (χ2v) is 9.83. The van der Waals surface area contributed by atoms with Crippen LogP contribution in [0.5, 0.6) is 11.5 Å². The van der Waals surface area contributed by atoms with E-state index in [4.69, 9.17) is 16.2 Å². The molecule has 12 nitrogen and oxygen atoms in total. The van der Waals surface area contributed by atoms with Crippen molar-refractivity contribution in [3.8, 4) is 11.5 Å². The Kier molecular flexibility index (Phi) is 6.03. The van der Waals surface area contributed by atoms with Crippen molar-refractivity contribution in [3.05, 3.63) is 52.3 Å². The number of sulfonamides is 1. The molecule has 0 saturated heterocycles. The topological polar surface area (TPSA) is 191 Å². The van der Waals surface area contributed by atoms with Gasteiger partial charge in [0.1, 0.15) is 22.0 Å². The van der Waals surface area contributed by atoms with Crippen LogP contribution in [-0.4, -0.2) is 43.1 Å². The number of fused-ring (bicyclic) bond motifs is 2. The van der Waals surface area contributed by atoms with Gasteiger partial charge in [0.15, 0.2) is 12.4 Å².